The number of carbonyl (C=O) groups is 1. The van der Waals surface area contributed by atoms with Crippen molar-refractivity contribution < 1.29 is 9.53 Å². The van der Waals surface area contributed by atoms with E-state index in [1.807, 2.05) is 0 Å². The zero-order valence-electron chi connectivity index (χ0n) is 13.2. The van der Waals surface area contributed by atoms with Gasteiger partial charge in [0.15, 0.2) is 0 Å². The molecule has 1 saturated heterocycles. The summed E-state index contributed by atoms with van der Waals surface area (Å²) in [6.45, 7) is 5.82. The van der Waals surface area contributed by atoms with Crippen molar-refractivity contribution in [2.24, 2.45) is 23.5 Å². The van der Waals surface area contributed by atoms with Gasteiger partial charge in [-0.05, 0) is 50.5 Å². The van der Waals surface area contributed by atoms with Crippen LogP contribution >= 0.6 is 0 Å². The molecule has 0 aromatic carbocycles. The Morgan fingerprint density at radius 3 is 2.65 bits per heavy atom. The molecule has 3 heteroatoms. The number of hydrogen-bond acceptors (Lipinski definition) is 3. The Hall–Kier alpha value is -0.410. The van der Waals surface area contributed by atoms with E-state index < -0.39 is 0 Å². The lowest BCUT2D eigenvalue weighted by Gasteiger charge is -2.38. The molecule has 2 rings (SSSR count). The highest BCUT2D eigenvalue weighted by Crippen LogP contribution is 2.42. The number of hydrogen-bond donors (Lipinski definition) is 1. The van der Waals surface area contributed by atoms with E-state index in [0.29, 0.717) is 30.6 Å². The number of ketones is 1. The summed E-state index contributed by atoms with van der Waals surface area (Å²) in [6, 6.07) is 0. The zero-order valence-corrected chi connectivity index (χ0v) is 13.2. The van der Waals surface area contributed by atoms with Crippen LogP contribution in [0, 0.1) is 17.8 Å². The maximum atomic E-state index is 12.6. The molecule has 0 bridgehead atoms. The van der Waals surface area contributed by atoms with Gasteiger partial charge in [-0.15, -0.1) is 0 Å². The molecule has 0 aromatic heterocycles. The monoisotopic (exact) mass is 281 g/mol. The van der Waals surface area contributed by atoms with Gasteiger partial charge in [-0.1, -0.05) is 26.7 Å². The highest BCUT2D eigenvalue weighted by atomic mass is 16.5. The summed E-state index contributed by atoms with van der Waals surface area (Å²) in [7, 11) is 0. The lowest BCUT2D eigenvalue weighted by Crippen LogP contribution is -2.40. The SMILES string of the molecule is CC(C)CC(CN)CC(=O)C1CCOC2(CCCC2)C1. The Morgan fingerprint density at radius 2 is 2.05 bits per heavy atom. The Morgan fingerprint density at radius 1 is 1.35 bits per heavy atom. The summed E-state index contributed by atoms with van der Waals surface area (Å²) < 4.78 is 6.03. The largest absolute Gasteiger partial charge is 0.375 e. The van der Waals surface area contributed by atoms with Crippen LogP contribution in [0.25, 0.3) is 0 Å². The number of rotatable bonds is 6. The van der Waals surface area contributed by atoms with Crippen LogP contribution in [-0.4, -0.2) is 24.5 Å². The van der Waals surface area contributed by atoms with E-state index in [1.54, 1.807) is 0 Å². The maximum Gasteiger partial charge on any atom is 0.136 e. The van der Waals surface area contributed by atoms with E-state index in [4.69, 9.17) is 10.5 Å². The molecule has 116 valence electrons. The number of ether oxygens (including phenoxy) is 1. The van der Waals surface area contributed by atoms with E-state index in [0.717, 1.165) is 38.7 Å². The molecule has 1 heterocycles. The second-order valence-corrected chi connectivity index (χ2v) is 7.33. The Balaban J connectivity index is 1.88. The topological polar surface area (TPSA) is 52.3 Å². The van der Waals surface area contributed by atoms with E-state index in [1.165, 1.54) is 12.8 Å². The number of Topliss-reactive ketones (excluding diaryl/α,β-unsaturated/α-hetero) is 1. The third-order valence-electron chi connectivity index (χ3n) is 5.09. The minimum absolute atomic E-state index is 0.0504. The molecule has 3 nitrogen and oxygen atoms in total. The first-order chi connectivity index (χ1) is 9.54. The molecule has 2 aliphatic rings. The molecule has 2 fully saturated rings. The van der Waals surface area contributed by atoms with Gasteiger partial charge in [0.2, 0.25) is 0 Å². The van der Waals surface area contributed by atoms with Gasteiger partial charge >= 0.3 is 0 Å². The predicted octanol–water partition coefficient (Wildman–Crippen LogP) is 3.31. The molecular weight excluding hydrogens is 250 g/mol. The molecule has 2 unspecified atom stereocenters. The minimum Gasteiger partial charge on any atom is -0.375 e. The Bertz CT molecular complexity index is 321. The summed E-state index contributed by atoms with van der Waals surface area (Å²) in [4.78, 5) is 12.6. The lowest BCUT2D eigenvalue weighted by atomic mass is 9.79. The second-order valence-electron chi connectivity index (χ2n) is 7.33. The quantitative estimate of drug-likeness (QED) is 0.812. The fourth-order valence-electron chi connectivity index (χ4n) is 4.05. The van der Waals surface area contributed by atoms with Crippen molar-refractivity contribution in [1.82, 2.24) is 0 Å². The Kier molecular flexibility index (Phi) is 5.62. The molecule has 20 heavy (non-hydrogen) atoms. The highest BCUT2D eigenvalue weighted by Gasteiger charge is 2.41. The molecule has 1 aliphatic heterocycles. The van der Waals surface area contributed by atoms with Crippen LogP contribution < -0.4 is 5.73 Å². The van der Waals surface area contributed by atoms with Gasteiger partial charge in [0.1, 0.15) is 5.78 Å². The fraction of sp³-hybridized carbons (Fsp3) is 0.941. The first-order valence-corrected chi connectivity index (χ1v) is 8.41. The number of nitrogens with two attached hydrogens (primary N) is 1. The van der Waals surface area contributed by atoms with Crippen molar-refractivity contribution >= 4 is 5.78 Å². The summed E-state index contributed by atoms with van der Waals surface area (Å²) in [6.07, 6.45) is 8.46. The summed E-state index contributed by atoms with van der Waals surface area (Å²) in [5.41, 5.74) is 5.89. The third-order valence-corrected chi connectivity index (χ3v) is 5.09. The zero-order chi connectivity index (χ0) is 14.6. The number of carbonyl (C=O) groups excluding carboxylic acids is 1. The van der Waals surface area contributed by atoms with Crippen molar-refractivity contribution in [3.63, 3.8) is 0 Å². The van der Waals surface area contributed by atoms with Crippen molar-refractivity contribution in [3.05, 3.63) is 0 Å². The van der Waals surface area contributed by atoms with Gasteiger partial charge in [-0.2, -0.15) is 0 Å². The van der Waals surface area contributed by atoms with Gasteiger partial charge in [-0.25, -0.2) is 0 Å². The third kappa shape index (κ3) is 4.05. The first kappa shape index (κ1) is 16.0. The van der Waals surface area contributed by atoms with Crippen LogP contribution in [0.1, 0.15) is 65.2 Å². The van der Waals surface area contributed by atoms with Crippen LogP contribution in [-0.2, 0) is 9.53 Å². The summed E-state index contributed by atoms with van der Waals surface area (Å²) >= 11 is 0. The van der Waals surface area contributed by atoms with E-state index in [9.17, 15) is 4.79 Å². The molecule has 1 saturated carbocycles. The van der Waals surface area contributed by atoms with Crippen molar-refractivity contribution in [2.45, 2.75) is 70.8 Å². The molecule has 0 aromatic rings. The van der Waals surface area contributed by atoms with Crippen LogP contribution in [0.4, 0.5) is 0 Å². The first-order valence-electron chi connectivity index (χ1n) is 8.41. The van der Waals surface area contributed by atoms with Crippen molar-refractivity contribution in [3.8, 4) is 0 Å². The smallest absolute Gasteiger partial charge is 0.136 e. The average molecular weight is 281 g/mol. The molecule has 1 spiro atoms. The molecule has 1 aliphatic carbocycles. The molecular formula is C17H31NO2. The van der Waals surface area contributed by atoms with Crippen LogP contribution in [0.5, 0.6) is 0 Å². The lowest BCUT2D eigenvalue weighted by molar-refractivity contribution is -0.137. The van der Waals surface area contributed by atoms with Gasteiger partial charge < -0.3 is 10.5 Å². The van der Waals surface area contributed by atoms with Gasteiger partial charge in [-0.3, -0.25) is 4.79 Å². The van der Waals surface area contributed by atoms with Crippen molar-refractivity contribution in [1.29, 1.82) is 0 Å². The van der Waals surface area contributed by atoms with Crippen LogP contribution in [0.3, 0.4) is 0 Å². The van der Waals surface area contributed by atoms with Gasteiger partial charge in [0, 0.05) is 18.9 Å². The molecule has 2 N–H and O–H groups in total. The molecule has 2 atom stereocenters. The average Bonchev–Trinajstić information content (AvgIpc) is 2.85. The molecule has 0 amide bonds. The van der Waals surface area contributed by atoms with Crippen molar-refractivity contribution in [2.75, 3.05) is 13.2 Å². The standard InChI is InChI=1S/C17H31NO2/c1-13(2)9-14(12-18)10-16(19)15-5-8-20-17(11-15)6-3-4-7-17/h13-15H,3-12,18H2,1-2H3. The van der Waals surface area contributed by atoms with Gasteiger partial charge in [0.05, 0.1) is 5.60 Å². The predicted molar refractivity (Wildman–Crippen MR) is 81.5 cm³/mol. The summed E-state index contributed by atoms with van der Waals surface area (Å²) in [5, 5.41) is 0. The normalized spacial score (nSPS) is 27.1. The van der Waals surface area contributed by atoms with Crippen LogP contribution in [0.15, 0.2) is 0 Å². The second kappa shape index (κ2) is 7.04. The molecule has 0 radical (unpaired) electrons. The van der Waals surface area contributed by atoms with E-state index >= 15 is 0 Å². The fourth-order valence-corrected chi connectivity index (χ4v) is 4.05. The highest BCUT2D eigenvalue weighted by molar-refractivity contribution is 5.81. The minimum atomic E-state index is 0.0504. The summed E-state index contributed by atoms with van der Waals surface area (Å²) in [5.74, 6) is 1.65. The van der Waals surface area contributed by atoms with Crippen LogP contribution in [0.2, 0.25) is 0 Å². The van der Waals surface area contributed by atoms with E-state index in [-0.39, 0.29) is 11.5 Å². The van der Waals surface area contributed by atoms with Gasteiger partial charge in [0.25, 0.3) is 0 Å². The van der Waals surface area contributed by atoms with E-state index in [2.05, 4.69) is 13.8 Å². The maximum absolute atomic E-state index is 12.6. The Labute approximate surface area is 123 Å².